The highest BCUT2D eigenvalue weighted by atomic mass is 16.3. The first-order valence-electron chi connectivity index (χ1n) is 26.5. The Morgan fingerprint density at radius 3 is 1.08 bits per heavy atom. The summed E-state index contributed by atoms with van der Waals surface area (Å²) in [6, 6.07) is 66.5. The van der Waals surface area contributed by atoms with Crippen LogP contribution in [0, 0.1) is 13.8 Å². The van der Waals surface area contributed by atoms with Crippen molar-refractivity contribution in [2.75, 3.05) is 9.80 Å². The lowest BCUT2D eigenvalue weighted by Crippen LogP contribution is -2.12. The zero-order chi connectivity index (χ0) is 48.3. The van der Waals surface area contributed by atoms with Gasteiger partial charge in [0.25, 0.3) is 0 Å². The smallest absolute Gasteiger partial charge is 0.159 e. The zero-order valence-corrected chi connectivity index (χ0v) is 41.3. The van der Waals surface area contributed by atoms with Gasteiger partial charge in [0, 0.05) is 66.6 Å². The summed E-state index contributed by atoms with van der Waals surface area (Å²) < 4.78 is 21.8. The predicted octanol–water partition coefficient (Wildman–Crippen LogP) is 20.6. The van der Waals surface area contributed by atoms with E-state index in [0.717, 1.165) is 122 Å². The lowest BCUT2D eigenvalue weighted by atomic mass is 9.95. The molecule has 73 heavy (non-hydrogen) atoms. The lowest BCUT2D eigenvalue weighted by Gasteiger charge is -2.28. The van der Waals surface area contributed by atoms with Crippen molar-refractivity contribution < 1.29 is 13.3 Å². The summed E-state index contributed by atoms with van der Waals surface area (Å²) in [7, 11) is 0. The molecule has 0 radical (unpaired) electrons. The fraction of sp³-hybridized carbons (Fsp3) is 0.176. The summed E-state index contributed by atoms with van der Waals surface area (Å²) in [5.74, 6) is 1.04. The Morgan fingerprint density at radius 2 is 0.658 bits per heavy atom. The molecule has 2 aliphatic carbocycles. The molecule has 15 rings (SSSR count). The van der Waals surface area contributed by atoms with E-state index in [4.69, 9.17) is 13.3 Å². The minimum atomic E-state index is 0.522. The molecule has 0 amide bonds. The van der Waals surface area contributed by atoms with E-state index in [-0.39, 0.29) is 0 Å². The van der Waals surface area contributed by atoms with E-state index in [0.29, 0.717) is 11.8 Å². The monoisotopic (exact) mass is 946 g/mol. The number of para-hydroxylation sites is 6. The Bertz CT molecular complexity index is 4070. The third-order valence-electron chi connectivity index (χ3n) is 16.8. The third kappa shape index (κ3) is 6.47. The number of aryl methyl sites for hydroxylation is 2. The molecule has 0 N–H and O–H groups in total. The van der Waals surface area contributed by atoms with Gasteiger partial charge in [-0.25, -0.2) is 0 Å². The second-order valence-electron chi connectivity index (χ2n) is 20.9. The van der Waals surface area contributed by atoms with Gasteiger partial charge in [-0.1, -0.05) is 171 Å². The van der Waals surface area contributed by atoms with Gasteiger partial charge in [-0.3, -0.25) is 0 Å². The van der Waals surface area contributed by atoms with Gasteiger partial charge in [0.15, 0.2) is 11.2 Å². The minimum Gasteiger partial charge on any atom is -0.456 e. The van der Waals surface area contributed by atoms with E-state index in [1.54, 1.807) is 0 Å². The molecule has 0 aliphatic heterocycles. The average molecular weight is 947 g/mol. The Morgan fingerprint density at radius 1 is 0.315 bits per heavy atom. The second-order valence-corrected chi connectivity index (χ2v) is 20.9. The van der Waals surface area contributed by atoms with Gasteiger partial charge in [-0.2, -0.15) is 0 Å². The van der Waals surface area contributed by atoms with E-state index >= 15 is 0 Å². The third-order valence-corrected chi connectivity index (χ3v) is 16.8. The topological polar surface area (TPSA) is 45.9 Å². The van der Waals surface area contributed by atoms with E-state index in [2.05, 4.69) is 206 Å². The van der Waals surface area contributed by atoms with Crippen molar-refractivity contribution in [2.45, 2.75) is 77.0 Å². The molecule has 2 fully saturated rings. The first kappa shape index (κ1) is 42.4. The Kier molecular flexibility index (Phi) is 9.67. The molecule has 3 heterocycles. The summed E-state index contributed by atoms with van der Waals surface area (Å²) >= 11 is 0. The van der Waals surface area contributed by atoms with Gasteiger partial charge in [-0.15, -0.1) is 0 Å². The average Bonchev–Trinajstić information content (AvgIpc) is 4.31. The number of furan rings is 3. The molecule has 0 saturated heterocycles. The van der Waals surface area contributed by atoms with Crippen LogP contribution in [0.5, 0.6) is 0 Å². The van der Waals surface area contributed by atoms with Crippen LogP contribution in [0.3, 0.4) is 0 Å². The molecule has 5 nitrogen and oxygen atoms in total. The molecule has 354 valence electrons. The molecule has 3 aromatic heterocycles. The Hall–Kier alpha value is -8.28. The molecule has 5 heteroatoms. The maximum Gasteiger partial charge on any atom is 0.159 e. The largest absolute Gasteiger partial charge is 0.456 e. The van der Waals surface area contributed by atoms with Gasteiger partial charge in [0.1, 0.15) is 22.3 Å². The molecule has 10 aromatic carbocycles. The maximum absolute atomic E-state index is 7.37. The van der Waals surface area contributed by atoms with Crippen molar-refractivity contribution in [3.8, 4) is 0 Å². The van der Waals surface area contributed by atoms with Crippen LogP contribution in [0.25, 0.3) is 87.4 Å². The first-order chi connectivity index (χ1) is 36.1. The Balaban J connectivity index is 0.988. The van der Waals surface area contributed by atoms with E-state index in [1.165, 1.54) is 73.3 Å². The van der Waals surface area contributed by atoms with Crippen molar-refractivity contribution in [2.24, 2.45) is 0 Å². The summed E-state index contributed by atoms with van der Waals surface area (Å²) in [6.07, 6.45) is 9.92. The number of fused-ring (bicyclic) bond motifs is 13. The molecule has 2 aliphatic rings. The van der Waals surface area contributed by atoms with E-state index in [9.17, 15) is 0 Å². The van der Waals surface area contributed by atoms with Crippen molar-refractivity contribution in [1.82, 2.24) is 0 Å². The molecule has 0 bridgehead atoms. The van der Waals surface area contributed by atoms with Crippen molar-refractivity contribution in [3.05, 3.63) is 204 Å². The van der Waals surface area contributed by atoms with Crippen LogP contribution in [-0.4, -0.2) is 0 Å². The normalized spacial score (nSPS) is 14.7. The van der Waals surface area contributed by atoms with Crippen LogP contribution >= 0.6 is 0 Å². The van der Waals surface area contributed by atoms with Crippen LogP contribution in [0.2, 0.25) is 0 Å². The van der Waals surface area contributed by atoms with Gasteiger partial charge in [0.05, 0.1) is 22.7 Å². The van der Waals surface area contributed by atoms with Crippen LogP contribution in [0.1, 0.15) is 85.5 Å². The number of hydrogen-bond donors (Lipinski definition) is 0. The summed E-state index contributed by atoms with van der Waals surface area (Å²) in [5.41, 5.74) is 16.7. The van der Waals surface area contributed by atoms with Crippen LogP contribution in [0.4, 0.5) is 34.1 Å². The van der Waals surface area contributed by atoms with Gasteiger partial charge >= 0.3 is 0 Å². The highest BCUT2D eigenvalue weighted by molar-refractivity contribution is 6.30. The molecule has 0 unspecified atom stereocenters. The molecule has 13 aromatic rings. The molecular weight excluding hydrogens is 893 g/mol. The van der Waals surface area contributed by atoms with Gasteiger partial charge < -0.3 is 23.1 Å². The second kappa shape index (κ2) is 16.6. The molecule has 0 atom stereocenters. The van der Waals surface area contributed by atoms with Crippen LogP contribution in [0.15, 0.2) is 195 Å². The van der Waals surface area contributed by atoms with Crippen molar-refractivity contribution in [1.29, 1.82) is 0 Å². The van der Waals surface area contributed by atoms with E-state index in [1.807, 2.05) is 0 Å². The summed E-state index contributed by atoms with van der Waals surface area (Å²) in [4.78, 5) is 4.83. The highest BCUT2D eigenvalue weighted by Gasteiger charge is 2.30. The SMILES string of the molecule is Cc1ccccc1N(c1cc2oc3cc(N(c4ccccc4C)c4cccc5c4oc4c(C6CCCC6)cccc45)c4ccccc4c3c2c2ccccc12)c1cccc2c1oc1c(C3CCCC3)cccc12. The first-order valence-corrected chi connectivity index (χ1v) is 26.5. The molecule has 2 saturated carbocycles. The number of anilines is 6. The maximum atomic E-state index is 7.37. The van der Waals surface area contributed by atoms with Crippen LogP contribution in [-0.2, 0) is 0 Å². The van der Waals surface area contributed by atoms with Crippen LogP contribution < -0.4 is 9.80 Å². The van der Waals surface area contributed by atoms with Gasteiger partial charge in [0.2, 0.25) is 0 Å². The lowest BCUT2D eigenvalue weighted by molar-refractivity contribution is 0.643. The number of hydrogen-bond acceptors (Lipinski definition) is 5. The summed E-state index contributed by atoms with van der Waals surface area (Å²) in [6.45, 7) is 4.41. The minimum absolute atomic E-state index is 0.522. The quantitative estimate of drug-likeness (QED) is 0.152. The van der Waals surface area contributed by atoms with Crippen molar-refractivity contribution in [3.63, 3.8) is 0 Å². The number of rotatable bonds is 8. The Labute approximate surface area is 423 Å². The highest BCUT2D eigenvalue weighted by Crippen LogP contribution is 2.53. The fourth-order valence-corrected chi connectivity index (χ4v) is 13.4. The number of nitrogens with zero attached hydrogens (tertiary/aromatic N) is 2. The summed E-state index contributed by atoms with van der Waals surface area (Å²) in [5, 5.41) is 11.3. The standard InChI is InChI=1S/C68H54N2O3/c1-41-19-3-13-35-55(41)69(57-37-17-33-53-51-31-15-29-45(43-21-5-6-22-43)65(51)72-67(53)57)59-39-61-63(49-27-11-9-25-47(49)59)64-50-28-12-10-26-48(50)60(40-62(64)71-61)70(56-36-14-4-20-42(56)2)58-38-18-34-54-52-32-16-30-46(44-23-7-8-24-44)66(52)73-68(54)58/h3-4,9-20,25-40,43-44H,5-8,21-24H2,1-2H3. The predicted molar refractivity (Wildman–Crippen MR) is 305 cm³/mol. The molecular formula is C68H54N2O3. The van der Waals surface area contributed by atoms with E-state index < -0.39 is 0 Å². The zero-order valence-electron chi connectivity index (χ0n) is 41.3. The van der Waals surface area contributed by atoms with Crippen molar-refractivity contribution >= 4 is 121 Å². The number of benzene rings is 10. The fourth-order valence-electron chi connectivity index (χ4n) is 13.4. The van der Waals surface area contributed by atoms with Gasteiger partial charge in [-0.05, 0) is 109 Å². The molecule has 0 spiro atoms.